The number of thiol groups is 1. The Balaban J connectivity index is 5.01. The Morgan fingerprint density at radius 1 is 0.966 bits per heavy atom. The number of nitrogens with one attached hydrogen (secondary N) is 3. The molecule has 29 heavy (non-hydrogen) atoms. The molecule has 166 valence electrons. The van der Waals surface area contributed by atoms with Gasteiger partial charge in [-0.2, -0.15) is 12.6 Å². The van der Waals surface area contributed by atoms with E-state index in [1.54, 1.807) is 0 Å². The van der Waals surface area contributed by atoms with Crippen LogP contribution in [0.3, 0.4) is 0 Å². The van der Waals surface area contributed by atoms with Crippen LogP contribution in [0.5, 0.6) is 0 Å². The fourth-order valence-electron chi connectivity index (χ4n) is 1.96. The normalized spacial score (nSPS) is 15.9. The number of primary amides is 1. The van der Waals surface area contributed by atoms with E-state index >= 15 is 0 Å². The summed E-state index contributed by atoms with van der Waals surface area (Å²) in [6, 6.07) is -5.56. The van der Waals surface area contributed by atoms with Gasteiger partial charge in [0.05, 0.1) is 12.7 Å². The Morgan fingerprint density at radius 2 is 1.45 bits per heavy atom. The molecule has 0 aliphatic rings. The fourth-order valence-corrected chi connectivity index (χ4v) is 2.22. The average molecular weight is 437 g/mol. The number of aliphatic hydroxyl groups is 2. The number of aliphatic carboxylic acids is 1. The highest BCUT2D eigenvalue weighted by Gasteiger charge is 2.30. The summed E-state index contributed by atoms with van der Waals surface area (Å²) in [6.45, 7) is 0.429. The van der Waals surface area contributed by atoms with Gasteiger partial charge in [-0.05, 0) is 13.3 Å². The first-order valence-electron chi connectivity index (χ1n) is 8.52. The Bertz CT molecular complexity index is 618. The van der Waals surface area contributed by atoms with Crippen molar-refractivity contribution >= 4 is 42.2 Å². The molecule has 0 aliphatic heterocycles. The zero-order chi connectivity index (χ0) is 22.7. The number of hydrogen-bond donors (Lipinski definition) is 9. The van der Waals surface area contributed by atoms with Crippen LogP contribution in [-0.4, -0.2) is 87.5 Å². The van der Waals surface area contributed by atoms with Crippen LogP contribution in [0.2, 0.25) is 0 Å². The minimum atomic E-state index is -1.48. The predicted molar refractivity (Wildman–Crippen MR) is 102 cm³/mol. The molecule has 0 aliphatic carbocycles. The molecule has 0 saturated heterocycles. The number of rotatable bonds is 13. The summed E-state index contributed by atoms with van der Waals surface area (Å²) < 4.78 is 0. The quantitative estimate of drug-likeness (QED) is 0.126. The number of carbonyl (C=O) groups is 5. The molecule has 5 atom stereocenters. The van der Waals surface area contributed by atoms with E-state index in [4.69, 9.17) is 16.6 Å². The first-order chi connectivity index (χ1) is 13.4. The van der Waals surface area contributed by atoms with E-state index in [0.29, 0.717) is 0 Å². The Kier molecular flexibility index (Phi) is 11.8. The zero-order valence-corrected chi connectivity index (χ0v) is 16.6. The maximum atomic E-state index is 12.2. The third-order valence-electron chi connectivity index (χ3n) is 3.75. The zero-order valence-electron chi connectivity index (χ0n) is 15.7. The van der Waals surface area contributed by atoms with E-state index in [-0.39, 0.29) is 18.6 Å². The Labute approximate surface area is 172 Å². The van der Waals surface area contributed by atoms with E-state index in [1.165, 1.54) is 6.92 Å². The molecule has 0 aromatic carbocycles. The molecule has 5 unspecified atom stereocenters. The van der Waals surface area contributed by atoms with Crippen LogP contribution in [0.25, 0.3) is 0 Å². The topological polar surface area (TPSA) is 234 Å². The summed E-state index contributed by atoms with van der Waals surface area (Å²) in [5.74, 6) is -5.17. The van der Waals surface area contributed by atoms with Crippen LogP contribution >= 0.6 is 12.6 Å². The van der Waals surface area contributed by atoms with E-state index in [0.717, 1.165) is 0 Å². The van der Waals surface area contributed by atoms with Crippen molar-refractivity contribution in [3.05, 3.63) is 0 Å². The third-order valence-corrected chi connectivity index (χ3v) is 4.11. The van der Waals surface area contributed by atoms with Crippen LogP contribution < -0.4 is 27.4 Å². The molecular weight excluding hydrogens is 410 g/mol. The van der Waals surface area contributed by atoms with E-state index in [9.17, 15) is 34.2 Å². The Hall–Kier alpha value is -2.42. The van der Waals surface area contributed by atoms with Crippen molar-refractivity contribution in [1.29, 1.82) is 0 Å². The molecule has 0 spiro atoms. The third kappa shape index (κ3) is 9.56. The molecular formula is C15H27N5O8S. The predicted octanol–water partition coefficient (Wildman–Crippen LogP) is -4.58. The standard InChI is InChI=1S/C15H27N5O8S/c1-6(22)11(17)14(26)19-8(4-21)12(24)20-9(5-29)13(25)18-7(15(27)28)2-3-10(16)23/h6-9,11,21-22,29H,2-5,17H2,1H3,(H2,16,23)(H,18,25)(H,19,26)(H,20,24)(H,27,28). The lowest BCUT2D eigenvalue weighted by Crippen LogP contribution is -2.59. The van der Waals surface area contributed by atoms with E-state index < -0.39 is 66.5 Å². The van der Waals surface area contributed by atoms with E-state index in [1.807, 2.05) is 0 Å². The second kappa shape index (κ2) is 12.9. The summed E-state index contributed by atoms with van der Waals surface area (Å²) in [5.41, 5.74) is 10.4. The van der Waals surface area contributed by atoms with E-state index in [2.05, 4.69) is 28.6 Å². The number of carbonyl (C=O) groups excluding carboxylic acids is 4. The lowest BCUT2D eigenvalue weighted by Gasteiger charge is -2.23. The number of carboxylic acids is 1. The number of hydrogen-bond acceptors (Lipinski definition) is 9. The molecule has 0 radical (unpaired) electrons. The lowest BCUT2D eigenvalue weighted by atomic mass is 10.1. The summed E-state index contributed by atoms with van der Waals surface area (Å²) in [5, 5.41) is 34.2. The summed E-state index contributed by atoms with van der Waals surface area (Å²) in [7, 11) is 0. The second-order valence-corrected chi connectivity index (χ2v) is 6.52. The number of carboxylic acid groups (broad SMARTS) is 1. The van der Waals surface area contributed by atoms with Crippen LogP contribution in [0, 0.1) is 0 Å². The van der Waals surface area contributed by atoms with Crippen molar-refractivity contribution in [2.24, 2.45) is 11.5 Å². The van der Waals surface area contributed by atoms with Crippen molar-refractivity contribution in [3.63, 3.8) is 0 Å². The van der Waals surface area contributed by atoms with Gasteiger partial charge in [0.2, 0.25) is 23.6 Å². The molecule has 0 fully saturated rings. The molecule has 0 bridgehead atoms. The van der Waals surface area contributed by atoms with Gasteiger partial charge >= 0.3 is 5.97 Å². The molecule has 13 nitrogen and oxygen atoms in total. The highest BCUT2D eigenvalue weighted by atomic mass is 32.1. The van der Waals surface area contributed by atoms with Gasteiger partial charge in [0, 0.05) is 12.2 Å². The number of aliphatic hydroxyl groups excluding tert-OH is 2. The molecule has 14 heteroatoms. The van der Waals surface area contributed by atoms with Crippen LogP contribution in [0.1, 0.15) is 19.8 Å². The second-order valence-electron chi connectivity index (χ2n) is 6.16. The fraction of sp³-hybridized carbons (Fsp3) is 0.667. The van der Waals surface area contributed by atoms with Crippen LogP contribution in [0.15, 0.2) is 0 Å². The van der Waals surface area contributed by atoms with Crippen LogP contribution in [0.4, 0.5) is 0 Å². The number of nitrogens with two attached hydrogens (primary N) is 2. The summed E-state index contributed by atoms with van der Waals surface area (Å²) >= 11 is 3.92. The van der Waals surface area contributed by atoms with Gasteiger partial charge in [-0.3, -0.25) is 19.2 Å². The number of amides is 4. The monoisotopic (exact) mass is 437 g/mol. The minimum Gasteiger partial charge on any atom is -0.480 e. The van der Waals surface area contributed by atoms with Gasteiger partial charge in [0.25, 0.3) is 0 Å². The van der Waals surface area contributed by atoms with Crippen molar-refractivity contribution in [2.45, 2.75) is 50.0 Å². The molecule has 4 amide bonds. The first-order valence-corrected chi connectivity index (χ1v) is 9.15. The minimum absolute atomic E-state index is 0.237. The largest absolute Gasteiger partial charge is 0.480 e. The average Bonchev–Trinajstić information content (AvgIpc) is 2.65. The van der Waals surface area contributed by atoms with Gasteiger partial charge in [0.15, 0.2) is 0 Å². The van der Waals surface area contributed by atoms with Gasteiger partial charge < -0.3 is 42.7 Å². The molecule has 0 aromatic heterocycles. The molecule has 0 aromatic rings. The Morgan fingerprint density at radius 3 is 1.86 bits per heavy atom. The lowest BCUT2D eigenvalue weighted by molar-refractivity contribution is -0.142. The molecule has 0 heterocycles. The maximum Gasteiger partial charge on any atom is 0.326 e. The molecule has 10 N–H and O–H groups in total. The summed E-state index contributed by atoms with van der Waals surface area (Å²) in [4.78, 5) is 58.3. The molecule has 0 saturated carbocycles. The van der Waals surface area contributed by atoms with Gasteiger partial charge in [0.1, 0.15) is 24.2 Å². The van der Waals surface area contributed by atoms with Crippen molar-refractivity contribution in [3.8, 4) is 0 Å². The van der Waals surface area contributed by atoms with Gasteiger partial charge in [-0.25, -0.2) is 4.79 Å². The van der Waals surface area contributed by atoms with Crippen molar-refractivity contribution in [1.82, 2.24) is 16.0 Å². The van der Waals surface area contributed by atoms with Crippen molar-refractivity contribution < 1.29 is 39.3 Å². The van der Waals surface area contributed by atoms with Crippen molar-refractivity contribution in [2.75, 3.05) is 12.4 Å². The summed E-state index contributed by atoms with van der Waals surface area (Å²) in [6.07, 6.45) is -1.74. The highest BCUT2D eigenvalue weighted by Crippen LogP contribution is 2.00. The first kappa shape index (κ1) is 26.6. The highest BCUT2D eigenvalue weighted by molar-refractivity contribution is 7.80. The maximum absolute atomic E-state index is 12.2. The van der Waals surface area contributed by atoms with Crippen LogP contribution in [-0.2, 0) is 24.0 Å². The smallest absolute Gasteiger partial charge is 0.326 e. The van der Waals surface area contributed by atoms with Gasteiger partial charge in [-0.1, -0.05) is 0 Å². The molecule has 0 rings (SSSR count). The van der Waals surface area contributed by atoms with Gasteiger partial charge in [-0.15, -0.1) is 0 Å². The SMILES string of the molecule is CC(O)C(N)C(=O)NC(CO)C(=O)NC(CS)C(=O)NC(CCC(N)=O)C(=O)O.